The predicted octanol–water partition coefficient (Wildman–Crippen LogP) is 2.54. The molecule has 0 bridgehead atoms. The van der Waals surface area contributed by atoms with Gasteiger partial charge in [0.15, 0.2) is 5.65 Å². The molecule has 136 valence electrons. The Kier molecular flexibility index (Phi) is 4.53. The molecule has 0 aromatic carbocycles. The third-order valence-electron chi connectivity index (χ3n) is 4.32. The van der Waals surface area contributed by atoms with Crippen LogP contribution in [0, 0.1) is 0 Å². The second-order valence-electron chi connectivity index (χ2n) is 7.42. The third kappa shape index (κ3) is 3.52. The molecule has 8 heteroatoms. The summed E-state index contributed by atoms with van der Waals surface area (Å²) in [6.07, 6.45) is 3.77. The van der Waals surface area contributed by atoms with Crippen molar-refractivity contribution in [1.29, 1.82) is 0 Å². The fraction of sp³-hybridized carbons (Fsp3) is 0.647. The summed E-state index contributed by atoms with van der Waals surface area (Å²) >= 11 is 0. The van der Waals surface area contributed by atoms with Crippen LogP contribution < -0.4 is 5.73 Å². The quantitative estimate of drug-likeness (QED) is 0.897. The number of carbonyl (C=O) groups is 1. The molecule has 25 heavy (non-hydrogen) atoms. The highest BCUT2D eigenvalue weighted by atomic mass is 16.6. The van der Waals surface area contributed by atoms with E-state index in [0.29, 0.717) is 18.9 Å². The van der Waals surface area contributed by atoms with Gasteiger partial charge in [0.2, 0.25) is 0 Å². The smallest absolute Gasteiger partial charge is 0.410 e. The lowest BCUT2D eigenvalue weighted by Crippen LogP contribution is -2.43. The Balaban J connectivity index is 1.88. The summed E-state index contributed by atoms with van der Waals surface area (Å²) in [4.78, 5) is 22.6. The Morgan fingerprint density at radius 3 is 2.84 bits per heavy atom. The molecule has 2 aromatic heterocycles. The monoisotopic (exact) mass is 346 g/mol. The van der Waals surface area contributed by atoms with Gasteiger partial charge in [0.25, 0.3) is 0 Å². The maximum Gasteiger partial charge on any atom is 0.410 e. The van der Waals surface area contributed by atoms with E-state index in [1.165, 1.54) is 6.33 Å². The second-order valence-corrected chi connectivity index (χ2v) is 7.42. The van der Waals surface area contributed by atoms with Gasteiger partial charge in [0.1, 0.15) is 17.7 Å². The Morgan fingerprint density at radius 1 is 1.40 bits per heavy atom. The number of likely N-dealkylation sites (tertiary alicyclic amines) is 1. The summed E-state index contributed by atoms with van der Waals surface area (Å²) in [5, 5.41) is 5.53. The number of hydrogen-bond donors (Lipinski definition) is 1. The van der Waals surface area contributed by atoms with Crippen LogP contribution in [0.15, 0.2) is 6.33 Å². The van der Waals surface area contributed by atoms with Crippen molar-refractivity contribution in [3.63, 3.8) is 0 Å². The minimum absolute atomic E-state index is 0.0540. The number of ether oxygens (including phenoxy) is 1. The van der Waals surface area contributed by atoms with Crippen LogP contribution in [0.1, 0.15) is 52.3 Å². The number of aromatic nitrogens is 4. The molecule has 0 unspecified atom stereocenters. The molecule has 1 fully saturated rings. The van der Waals surface area contributed by atoms with Crippen LogP contribution in [0.4, 0.5) is 10.6 Å². The van der Waals surface area contributed by atoms with Gasteiger partial charge >= 0.3 is 6.09 Å². The highest BCUT2D eigenvalue weighted by molar-refractivity contribution is 5.88. The highest BCUT2D eigenvalue weighted by Gasteiger charge is 2.30. The minimum Gasteiger partial charge on any atom is -0.444 e. The molecule has 8 nitrogen and oxygen atoms in total. The number of nitrogens with zero attached hydrogens (tertiary/aromatic N) is 5. The lowest BCUT2D eigenvalue weighted by molar-refractivity contribution is 0.0169. The van der Waals surface area contributed by atoms with E-state index in [4.69, 9.17) is 15.6 Å². The molecule has 0 aliphatic carbocycles. The maximum atomic E-state index is 12.4. The largest absolute Gasteiger partial charge is 0.444 e. The van der Waals surface area contributed by atoms with E-state index in [2.05, 4.69) is 9.97 Å². The van der Waals surface area contributed by atoms with Gasteiger partial charge in [0, 0.05) is 13.1 Å². The Morgan fingerprint density at radius 2 is 2.16 bits per heavy atom. The van der Waals surface area contributed by atoms with Gasteiger partial charge in [0.05, 0.1) is 17.1 Å². The number of nitrogen functional groups attached to an aromatic ring is 1. The first-order chi connectivity index (χ1) is 11.8. The fourth-order valence-electron chi connectivity index (χ4n) is 3.22. The molecule has 1 amide bonds. The summed E-state index contributed by atoms with van der Waals surface area (Å²) in [6.45, 7) is 8.91. The molecule has 2 aromatic rings. The van der Waals surface area contributed by atoms with Crippen LogP contribution in [0.2, 0.25) is 0 Å². The Labute approximate surface area is 147 Å². The summed E-state index contributed by atoms with van der Waals surface area (Å²) in [6, 6.07) is 0.0540. The standard InChI is InChI=1S/C17H26N6O2/c1-5-12-13-14(18)19-10-20-15(13)23(21-12)11-7-6-8-22(9-11)16(24)25-17(2,3)4/h10-11H,5-9H2,1-4H3,(H2,18,19,20)/t11-/m1/s1. The molecule has 0 spiro atoms. The number of rotatable bonds is 2. The molecular weight excluding hydrogens is 320 g/mol. The van der Waals surface area contributed by atoms with Crippen molar-refractivity contribution < 1.29 is 9.53 Å². The van der Waals surface area contributed by atoms with Crippen molar-refractivity contribution in [3.8, 4) is 0 Å². The van der Waals surface area contributed by atoms with Crippen LogP contribution >= 0.6 is 0 Å². The summed E-state index contributed by atoms with van der Waals surface area (Å²) < 4.78 is 7.41. The van der Waals surface area contributed by atoms with Gasteiger partial charge in [-0.2, -0.15) is 5.10 Å². The number of nitrogens with two attached hydrogens (primary N) is 1. The molecule has 0 radical (unpaired) electrons. The first kappa shape index (κ1) is 17.4. The highest BCUT2D eigenvalue weighted by Crippen LogP contribution is 2.29. The molecule has 1 aliphatic rings. The zero-order valence-corrected chi connectivity index (χ0v) is 15.3. The van der Waals surface area contributed by atoms with E-state index in [9.17, 15) is 4.79 Å². The van der Waals surface area contributed by atoms with Gasteiger partial charge in [-0.3, -0.25) is 0 Å². The van der Waals surface area contributed by atoms with Gasteiger partial charge in [-0.05, 0) is 40.0 Å². The maximum absolute atomic E-state index is 12.4. The van der Waals surface area contributed by atoms with E-state index < -0.39 is 5.60 Å². The second kappa shape index (κ2) is 6.50. The van der Waals surface area contributed by atoms with Gasteiger partial charge in [-0.25, -0.2) is 19.4 Å². The van der Waals surface area contributed by atoms with E-state index in [1.54, 1.807) is 4.90 Å². The third-order valence-corrected chi connectivity index (χ3v) is 4.32. The van der Waals surface area contributed by atoms with Crippen molar-refractivity contribution in [2.24, 2.45) is 0 Å². The van der Waals surface area contributed by atoms with Crippen molar-refractivity contribution in [1.82, 2.24) is 24.6 Å². The predicted molar refractivity (Wildman–Crippen MR) is 95.2 cm³/mol. The number of amides is 1. The molecule has 1 aliphatic heterocycles. The van der Waals surface area contributed by atoms with Crippen LogP contribution in [-0.4, -0.2) is 49.4 Å². The molecule has 1 atom stereocenters. The number of hydrogen-bond acceptors (Lipinski definition) is 6. The van der Waals surface area contributed by atoms with Crippen molar-refractivity contribution in [2.45, 2.75) is 58.6 Å². The number of anilines is 1. The van der Waals surface area contributed by atoms with Crippen LogP contribution in [-0.2, 0) is 11.2 Å². The van der Waals surface area contributed by atoms with Gasteiger partial charge in [-0.15, -0.1) is 0 Å². The SMILES string of the molecule is CCc1nn([C@@H]2CCCN(C(=O)OC(C)(C)C)C2)c2ncnc(N)c12. The lowest BCUT2D eigenvalue weighted by atomic mass is 10.1. The van der Waals surface area contributed by atoms with Gasteiger partial charge < -0.3 is 15.4 Å². The zero-order valence-electron chi connectivity index (χ0n) is 15.3. The lowest BCUT2D eigenvalue weighted by Gasteiger charge is -2.34. The molecule has 3 rings (SSSR count). The Bertz CT molecular complexity index is 779. The molecule has 3 heterocycles. The van der Waals surface area contributed by atoms with E-state index in [1.807, 2.05) is 32.4 Å². The number of carbonyl (C=O) groups excluding carboxylic acids is 1. The molecule has 2 N–H and O–H groups in total. The average molecular weight is 346 g/mol. The van der Waals surface area contributed by atoms with E-state index >= 15 is 0 Å². The normalized spacial score (nSPS) is 18.6. The number of aryl methyl sites for hydroxylation is 1. The summed E-state index contributed by atoms with van der Waals surface area (Å²) in [7, 11) is 0. The van der Waals surface area contributed by atoms with Crippen molar-refractivity contribution in [3.05, 3.63) is 12.0 Å². The number of piperidine rings is 1. The average Bonchev–Trinajstić information content (AvgIpc) is 2.93. The zero-order chi connectivity index (χ0) is 18.2. The first-order valence-electron chi connectivity index (χ1n) is 8.75. The Hall–Kier alpha value is -2.38. The van der Waals surface area contributed by atoms with E-state index in [-0.39, 0.29) is 12.1 Å². The van der Waals surface area contributed by atoms with Crippen LogP contribution in [0.3, 0.4) is 0 Å². The van der Waals surface area contributed by atoms with Crippen molar-refractivity contribution in [2.75, 3.05) is 18.8 Å². The summed E-state index contributed by atoms with van der Waals surface area (Å²) in [5.74, 6) is 0.452. The van der Waals surface area contributed by atoms with E-state index in [0.717, 1.165) is 36.0 Å². The molecular formula is C17H26N6O2. The van der Waals surface area contributed by atoms with Crippen LogP contribution in [0.5, 0.6) is 0 Å². The number of fused-ring (bicyclic) bond motifs is 1. The fourth-order valence-corrected chi connectivity index (χ4v) is 3.22. The minimum atomic E-state index is -0.501. The van der Waals surface area contributed by atoms with Crippen LogP contribution in [0.25, 0.3) is 11.0 Å². The first-order valence-corrected chi connectivity index (χ1v) is 8.75. The summed E-state index contributed by atoms with van der Waals surface area (Å²) in [5.41, 5.74) is 7.16. The molecule has 1 saturated heterocycles. The topological polar surface area (TPSA) is 99.2 Å². The van der Waals surface area contributed by atoms with Gasteiger partial charge in [-0.1, -0.05) is 6.92 Å². The molecule has 0 saturated carbocycles. The van der Waals surface area contributed by atoms with Crippen molar-refractivity contribution >= 4 is 22.9 Å².